The average molecular weight is 186 g/mol. The Hall–Kier alpha value is -1.26. The monoisotopic (exact) mass is 186 g/mol. The zero-order valence-electron chi connectivity index (χ0n) is 8.11. The summed E-state index contributed by atoms with van der Waals surface area (Å²) >= 11 is 0. The molecule has 0 aromatic heterocycles. The van der Waals surface area contributed by atoms with Crippen molar-refractivity contribution in [2.75, 3.05) is 0 Å². The van der Waals surface area contributed by atoms with Crippen LogP contribution in [0.1, 0.15) is 30.1 Å². The van der Waals surface area contributed by atoms with Gasteiger partial charge in [-0.25, -0.2) is 0 Å². The van der Waals surface area contributed by atoms with Gasteiger partial charge in [0.25, 0.3) is 0 Å². The third-order valence-electron chi connectivity index (χ3n) is 2.96. The van der Waals surface area contributed by atoms with Crippen molar-refractivity contribution in [3.05, 3.63) is 35.4 Å². The van der Waals surface area contributed by atoms with Gasteiger partial charge in [-0.1, -0.05) is 24.3 Å². The van der Waals surface area contributed by atoms with Crippen LogP contribution in [0.2, 0.25) is 0 Å². The third-order valence-corrected chi connectivity index (χ3v) is 2.96. The zero-order valence-corrected chi connectivity index (χ0v) is 8.11. The fourth-order valence-corrected chi connectivity index (χ4v) is 2.19. The minimum atomic E-state index is -0.306. The lowest BCUT2D eigenvalue weighted by molar-refractivity contribution is 0.119. The Balaban J connectivity index is 2.14. The van der Waals surface area contributed by atoms with Crippen LogP contribution in [-0.4, -0.2) is 5.11 Å². The molecule has 0 spiro atoms. The van der Waals surface area contributed by atoms with E-state index in [1.165, 1.54) is 5.56 Å². The standard InChI is InChI=1S/C13H14O/c1-2-3-6-11-9-10-7-4-5-8-12(10)13(11)14/h1,4-5,7-8,11,13-14H,3,6,9H2. The van der Waals surface area contributed by atoms with Crippen molar-refractivity contribution in [3.8, 4) is 12.3 Å². The molecule has 14 heavy (non-hydrogen) atoms. The first-order valence-corrected chi connectivity index (χ1v) is 5.02. The normalized spacial score (nSPS) is 24.3. The molecule has 0 bridgehead atoms. The van der Waals surface area contributed by atoms with Gasteiger partial charge in [0.05, 0.1) is 6.10 Å². The highest BCUT2D eigenvalue weighted by Crippen LogP contribution is 2.37. The first-order valence-electron chi connectivity index (χ1n) is 5.02. The Bertz CT molecular complexity index is 362. The van der Waals surface area contributed by atoms with Crippen LogP contribution < -0.4 is 0 Å². The van der Waals surface area contributed by atoms with Crippen molar-refractivity contribution in [3.63, 3.8) is 0 Å². The summed E-state index contributed by atoms with van der Waals surface area (Å²) in [6.07, 6.45) is 7.57. The number of rotatable bonds is 2. The molecule has 0 amide bonds. The fourth-order valence-electron chi connectivity index (χ4n) is 2.19. The second-order valence-corrected chi connectivity index (χ2v) is 3.85. The van der Waals surface area contributed by atoms with Crippen molar-refractivity contribution >= 4 is 0 Å². The van der Waals surface area contributed by atoms with Crippen molar-refractivity contribution in [1.82, 2.24) is 0 Å². The topological polar surface area (TPSA) is 20.2 Å². The quantitative estimate of drug-likeness (QED) is 0.703. The largest absolute Gasteiger partial charge is 0.388 e. The SMILES string of the molecule is C#CCCC1Cc2ccccc2C1O. The number of benzene rings is 1. The molecule has 0 saturated heterocycles. The van der Waals surface area contributed by atoms with E-state index >= 15 is 0 Å². The molecule has 1 N–H and O–H groups in total. The predicted octanol–water partition coefficient (Wildman–Crippen LogP) is 2.31. The second kappa shape index (κ2) is 3.86. The summed E-state index contributed by atoms with van der Waals surface area (Å²) in [5.41, 5.74) is 2.37. The van der Waals surface area contributed by atoms with Crippen LogP contribution in [0.3, 0.4) is 0 Å². The summed E-state index contributed by atoms with van der Waals surface area (Å²) in [7, 11) is 0. The average Bonchev–Trinajstić information content (AvgIpc) is 2.54. The zero-order chi connectivity index (χ0) is 9.97. The van der Waals surface area contributed by atoms with Crippen molar-refractivity contribution in [1.29, 1.82) is 0 Å². The highest BCUT2D eigenvalue weighted by Gasteiger charge is 2.29. The molecule has 1 aromatic carbocycles. The van der Waals surface area contributed by atoms with Crippen LogP contribution >= 0.6 is 0 Å². The molecule has 0 heterocycles. The van der Waals surface area contributed by atoms with E-state index in [2.05, 4.69) is 12.0 Å². The van der Waals surface area contributed by atoms with E-state index in [0.29, 0.717) is 5.92 Å². The van der Waals surface area contributed by atoms with E-state index in [-0.39, 0.29) is 6.10 Å². The molecule has 2 unspecified atom stereocenters. The van der Waals surface area contributed by atoms with E-state index in [9.17, 15) is 5.11 Å². The van der Waals surface area contributed by atoms with Crippen LogP contribution in [0, 0.1) is 18.3 Å². The molecule has 0 fully saturated rings. The molecule has 1 aliphatic carbocycles. The number of aliphatic hydroxyl groups is 1. The van der Waals surface area contributed by atoms with Gasteiger partial charge in [-0.3, -0.25) is 0 Å². The maximum Gasteiger partial charge on any atom is 0.0824 e. The van der Waals surface area contributed by atoms with E-state index < -0.39 is 0 Å². The summed E-state index contributed by atoms with van der Waals surface area (Å²) in [6.45, 7) is 0. The molecule has 1 nitrogen and oxygen atoms in total. The highest BCUT2D eigenvalue weighted by atomic mass is 16.3. The van der Waals surface area contributed by atoms with Crippen molar-refractivity contribution in [2.45, 2.75) is 25.4 Å². The summed E-state index contributed by atoms with van der Waals surface area (Å²) in [4.78, 5) is 0. The maximum atomic E-state index is 10.00. The molecular formula is C13H14O. The van der Waals surface area contributed by atoms with E-state index in [0.717, 1.165) is 24.8 Å². The molecule has 0 saturated carbocycles. The summed E-state index contributed by atoms with van der Waals surface area (Å²) < 4.78 is 0. The molecule has 0 aliphatic heterocycles. The smallest absolute Gasteiger partial charge is 0.0824 e. The first-order chi connectivity index (χ1) is 6.83. The molecule has 2 rings (SSSR count). The number of fused-ring (bicyclic) bond motifs is 1. The van der Waals surface area contributed by atoms with E-state index in [1.54, 1.807) is 0 Å². The van der Waals surface area contributed by atoms with Gasteiger partial charge in [-0.05, 0) is 29.9 Å². The number of terminal acetylenes is 1. The second-order valence-electron chi connectivity index (χ2n) is 3.85. The van der Waals surface area contributed by atoms with Crippen LogP contribution in [0.15, 0.2) is 24.3 Å². The molecular weight excluding hydrogens is 172 g/mol. The Morgan fingerprint density at radius 1 is 1.43 bits per heavy atom. The number of aliphatic hydroxyl groups excluding tert-OH is 1. The molecule has 1 aromatic rings. The summed E-state index contributed by atoms with van der Waals surface area (Å²) in [5.74, 6) is 2.95. The first kappa shape index (κ1) is 9.30. The van der Waals surface area contributed by atoms with Gasteiger partial charge in [0.15, 0.2) is 0 Å². The fraction of sp³-hybridized carbons (Fsp3) is 0.385. The van der Waals surface area contributed by atoms with Gasteiger partial charge >= 0.3 is 0 Å². The maximum absolute atomic E-state index is 10.00. The Morgan fingerprint density at radius 3 is 2.93 bits per heavy atom. The Morgan fingerprint density at radius 2 is 2.21 bits per heavy atom. The van der Waals surface area contributed by atoms with E-state index in [1.807, 2.05) is 18.2 Å². The molecule has 0 radical (unpaired) electrons. The number of hydrogen-bond donors (Lipinski definition) is 1. The molecule has 1 heteroatoms. The predicted molar refractivity (Wildman–Crippen MR) is 56.7 cm³/mol. The summed E-state index contributed by atoms with van der Waals surface area (Å²) in [6, 6.07) is 8.10. The van der Waals surface area contributed by atoms with Gasteiger partial charge in [0, 0.05) is 6.42 Å². The minimum absolute atomic E-state index is 0.306. The van der Waals surface area contributed by atoms with Crippen LogP contribution in [-0.2, 0) is 6.42 Å². The minimum Gasteiger partial charge on any atom is -0.388 e. The van der Waals surface area contributed by atoms with Gasteiger partial charge < -0.3 is 5.11 Å². The lowest BCUT2D eigenvalue weighted by atomic mass is 9.98. The van der Waals surface area contributed by atoms with Crippen LogP contribution in [0.4, 0.5) is 0 Å². The molecule has 72 valence electrons. The van der Waals surface area contributed by atoms with Gasteiger partial charge in [0.2, 0.25) is 0 Å². The van der Waals surface area contributed by atoms with Crippen molar-refractivity contribution < 1.29 is 5.11 Å². The molecule has 2 atom stereocenters. The van der Waals surface area contributed by atoms with Crippen LogP contribution in [0.5, 0.6) is 0 Å². The number of hydrogen-bond acceptors (Lipinski definition) is 1. The Labute approximate surface area is 84.8 Å². The summed E-state index contributed by atoms with van der Waals surface area (Å²) in [5, 5.41) is 10.00. The van der Waals surface area contributed by atoms with Gasteiger partial charge in [0.1, 0.15) is 0 Å². The molecule has 1 aliphatic rings. The third kappa shape index (κ3) is 1.54. The van der Waals surface area contributed by atoms with Gasteiger partial charge in [-0.15, -0.1) is 12.3 Å². The Kier molecular flexibility index (Phi) is 2.56. The highest BCUT2D eigenvalue weighted by molar-refractivity contribution is 5.34. The van der Waals surface area contributed by atoms with E-state index in [4.69, 9.17) is 6.42 Å². The lowest BCUT2D eigenvalue weighted by Gasteiger charge is -2.12. The lowest BCUT2D eigenvalue weighted by Crippen LogP contribution is -2.06. The van der Waals surface area contributed by atoms with Gasteiger partial charge in [-0.2, -0.15) is 0 Å². The van der Waals surface area contributed by atoms with Crippen molar-refractivity contribution in [2.24, 2.45) is 5.92 Å². The van der Waals surface area contributed by atoms with Crippen LogP contribution in [0.25, 0.3) is 0 Å².